The number of hydrogen-bond donors (Lipinski definition) is 5. The number of nitrogens with one attached hydrogen (secondary N) is 4. The lowest BCUT2D eigenvalue weighted by Crippen LogP contribution is -2.20. The Morgan fingerprint density at radius 1 is 1.02 bits per heavy atom. The third-order valence-corrected chi connectivity index (χ3v) is 6.99. The number of pyridine rings is 3. The number of aliphatic hydroxyl groups is 1. The number of imidazole rings is 1. The van der Waals surface area contributed by atoms with Crippen molar-refractivity contribution in [2.24, 2.45) is 0 Å². The molecule has 0 aliphatic carbocycles. The van der Waals surface area contributed by atoms with Gasteiger partial charge < -0.3 is 25.6 Å². The van der Waals surface area contributed by atoms with Gasteiger partial charge in [0.05, 0.1) is 28.5 Å². The summed E-state index contributed by atoms with van der Waals surface area (Å²) >= 11 is 0. The molecule has 5 N–H and O–H groups in total. The highest BCUT2D eigenvalue weighted by molar-refractivity contribution is 5.96. The van der Waals surface area contributed by atoms with Crippen molar-refractivity contribution in [3.8, 4) is 33.9 Å². The van der Waals surface area contributed by atoms with Gasteiger partial charge in [-0.1, -0.05) is 6.92 Å². The summed E-state index contributed by atoms with van der Waals surface area (Å²) < 4.78 is 30.8. The molecule has 6 aromatic rings. The molecule has 0 bridgehead atoms. The number of benzene rings is 1. The van der Waals surface area contributed by atoms with Crippen LogP contribution in [0.1, 0.15) is 13.3 Å². The van der Waals surface area contributed by atoms with Crippen LogP contribution in [0, 0.1) is 11.6 Å². The molecule has 5 heterocycles. The van der Waals surface area contributed by atoms with Crippen LogP contribution in [0.3, 0.4) is 0 Å². The fourth-order valence-corrected chi connectivity index (χ4v) is 4.80. The minimum absolute atomic E-state index is 0.149. The summed E-state index contributed by atoms with van der Waals surface area (Å²) in [5.74, 6) is -0.635. The Morgan fingerprint density at radius 2 is 1.86 bits per heavy atom. The monoisotopic (exact) mass is 584 g/mol. The maximum atomic E-state index is 16.1. The van der Waals surface area contributed by atoms with Gasteiger partial charge in [-0.3, -0.25) is 15.1 Å². The second kappa shape index (κ2) is 11.7. The highest BCUT2D eigenvalue weighted by Gasteiger charge is 2.22. The highest BCUT2D eigenvalue weighted by Crippen LogP contribution is 2.35. The molecule has 43 heavy (non-hydrogen) atoms. The summed E-state index contributed by atoms with van der Waals surface area (Å²) in [6.45, 7) is 3.27. The lowest BCUT2D eigenvalue weighted by atomic mass is 10.1. The zero-order valence-corrected chi connectivity index (χ0v) is 23.8. The van der Waals surface area contributed by atoms with Gasteiger partial charge in [0.25, 0.3) is 0 Å². The molecule has 0 saturated carbocycles. The SMILES string of the molecule is CCC(O)Nc1cncc(-c2cnc3n[nH]c(-c4nc5c(-c6cc(F)cc(NCCN(C)C)c6)nccc5[nH]4)c3c2F)c1. The topological polar surface area (TPSA) is 144 Å². The smallest absolute Gasteiger partial charge is 0.184 e. The Labute approximate surface area is 245 Å². The molecule has 5 aromatic heterocycles. The van der Waals surface area contributed by atoms with Crippen molar-refractivity contribution in [3.63, 3.8) is 0 Å². The van der Waals surface area contributed by atoms with Crippen LogP contribution in [0.15, 0.2) is 55.1 Å². The molecular formula is C30H30F2N10O. The predicted molar refractivity (Wildman–Crippen MR) is 162 cm³/mol. The summed E-state index contributed by atoms with van der Waals surface area (Å²) in [6.07, 6.45) is 5.82. The second-order valence-corrected chi connectivity index (χ2v) is 10.4. The van der Waals surface area contributed by atoms with Gasteiger partial charge in [-0.25, -0.2) is 18.7 Å². The number of hydrogen-bond acceptors (Lipinski definition) is 9. The third-order valence-electron chi connectivity index (χ3n) is 6.99. The van der Waals surface area contributed by atoms with Gasteiger partial charge in [0.1, 0.15) is 29.1 Å². The van der Waals surface area contributed by atoms with Crippen LogP contribution in [-0.4, -0.2) is 78.5 Å². The number of likely N-dealkylation sites (N-methyl/N-ethyl adjacent to an activating group) is 1. The first-order valence-electron chi connectivity index (χ1n) is 13.8. The van der Waals surface area contributed by atoms with E-state index in [1.54, 1.807) is 24.5 Å². The van der Waals surface area contributed by atoms with Crippen molar-refractivity contribution in [1.82, 2.24) is 40.0 Å². The summed E-state index contributed by atoms with van der Waals surface area (Å²) in [7, 11) is 3.94. The number of nitrogens with zero attached hydrogens (tertiary/aromatic N) is 6. The number of aromatic nitrogens is 7. The third kappa shape index (κ3) is 5.72. The van der Waals surface area contributed by atoms with Crippen molar-refractivity contribution in [1.29, 1.82) is 0 Å². The number of halogens is 2. The zero-order chi connectivity index (χ0) is 30.1. The van der Waals surface area contributed by atoms with E-state index in [0.717, 1.165) is 6.54 Å². The van der Waals surface area contributed by atoms with Crippen molar-refractivity contribution in [3.05, 3.63) is 66.8 Å². The van der Waals surface area contributed by atoms with Crippen LogP contribution in [0.25, 0.3) is 56.0 Å². The van der Waals surface area contributed by atoms with E-state index in [0.29, 0.717) is 63.7 Å². The average molecular weight is 585 g/mol. The molecule has 0 spiro atoms. The number of aromatic amines is 2. The molecule has 0 amide bonds. The largest absolute Gasteiger partial charge is 0.384 e. The first kappa shape index (κ1) is 28.1. The standard InChI is InChI=1S/C30H30F2N10O/c1-4-23(43)37-20-11-17(13-33-14-20)21-15-36-29-24(25(21)32)28(40-41-29)30-38-22-5-6-35-26(27(22)39-30)16-9-18(31)12-19(10-16)34-7-8-42(2)3/h5-6,9-15,23,34,37,43H,4,7-8H2,1-3H3,(H,38,39)(H,36,40,41). The summed E-state index contributed by atoms with van der Waals surface area (Å²) in [5.41, 5.74) is 4.50. The summed E-state index contributed by atoms with van der Waals surface area (Å²) in [6, 6.07) is 8.11. The van der Waals surface area contributed by atoms with Crippen molar-refractivity contribution in [2.45, 2.75) is 19.6 Å². The van der Waals surface area contributed by atoms with Crippen LogP contribution in [0.2, 0.25) is 0 Å². The molecule has 1 unspecified atom stereocenters. The van der Waals surface area contributed by atoms with Crippen molar-refractivity contribution in [2.75, 3.05) is 37.8 Å². The summed E-state index contributed by atoms with van der Waals surface area (Å²) in [4.78, 5) is 23.0. The Bertz CT molecular complexity index is 1920. The van der Waals surface area contributed by atoms with Gasteiger partial charge in [0, 0.05) is 54.1 Å². The first-order chi connectivity index (χ1) is 20.8. The molecule has 0 radical (unpaired) electrons. The highest BCUT2D eigenvalue weighted by atomic mass is 19.1. The molecule has 6 rings (SSSR count). The number of rotatable bonds is 10. The molecule has 0 aliphatic rings. The maximum absolute atomic E-state index is 16.1. The predicted octanol–water partition coefficient (Wildman–Crippen LogP) is 5.02. The molecule has 0 saturated heterocycles. The van der Waals surface area contributed by atoms with E-state index in [1.807, 2.05) is 32.0 Å². The van der Waals surface area contributed by atoms with Gasteiger partial charge in [-0.15, -0.1) is 0 Å². The van der Waals surface area contributed by atoms with E-state index < -0.39 is 17.9 Å². The molecular weight excluding hydrogens is 554 g/mol. The second-order valence-electron chi connectivity index (χ2n) is 10.4. The van der Waals surface area contributed by atoms with Gasteiger partial charge >= 0.3 is 0 Å². The molecule has 1 aromatic carbocycles. The van der Waals surface area contributed by atoms with E-state index in [9.17, 15) is 9.50 Å². The number of H-pyrrole nitrogens is 2. The Morgan fingerprint density at radius 3 is 2.67 bits per heavy atom. The molecule has 0 fully saturated rings. The van der Waals surface area contributed by atoms with Gasteiger partial charge in [0.15, 0.2) is 11.5 Å². The van der Waals surface area contributed by atoms with Gasteiger partial charge in [-0.05, 0) is 50.8 Å². The normalized spacial score (nSPS) is 12.3. The van der Waals surface area contributed by atoms with Crippen LogP contribution >= 0.6 is 0 Å². The van der Waals surface area contributed by atoms with Crippen molar-refractivity contribution >= 4 is 33.4 Å². The number of aliphatic hydroxyl groups excluding tert-OH is 1. The quantitative estimate of drug-likeness (QED) is 0.140. The molecule has 13 heteroatoms. The maximum Gasteiger partial charge on any atom is 0.184 e. The minimum atomic E-state index is -0.756. The Hall–Kier alpha value is -5.01. The molecule has 1 atom stereocenters. The fraction of sp³-hybridized carbons (Fsp3) is 0.233. The van der Waals surface area contributed by atoms with Gasteiger partial charge in [-0.2, -0.15) is 5.10 Å². The van der Waals surface area contributed by atoms with Crippen molar-refractivity contribution < 1.29 is 13.9 Å². The molecule has 220 valence electrons. The summed E-state index contributed by atoms with van der Waals surface area (Å²) in [5, 5.41) is 23.3. The molecule has 0 aliphatic heterocycles. The Balaban J connectivity index is 1.39. The molecule has 11 nitrogen and oxygen atoms in total. The van der Waals surface area contributed by atoms with Gasteiger partial charge in [0.2, 0.25) is 0 Å². The Kier molecular flexibility index (Phi) is 7.65. The lowest BCUT2D eigenvalue weighted by Gasteiger charge is -2.12. The number of anilines is 2. The van der Waals surface area contributed by atoms with Crippen LogP contribution in [0.4, 0.5) is 20.2 Å². The van der Waals surface area contributed by atoms with Crippen LogP contribution in [0.5, 0.6) is 0 Å². The zero-order valence-electron chi connectivity index (χ0n) is 23.8. The fourth-order valence-electron chi connectivity index (χ4n) is 4.80. The lowest BCUT2D eigenvalue weighted by molar-refractivity contribution is 0.199. The minimum Gasteiger partial charge on any atom is -0.384 e. The van der Waals surface area contributed by atoms with E-state index in [1.165, 1.54) is 24.5 Å². The van der Waals surface area contributed by atoms with E-state index in [-0.39, 0.29) is 16.6 Å². The first-order valence-corrected chi connectivity index (χ1v) is 13.8. The van der Waals surface area contributed by atoms with Crippen LogP contribution < -0.4 is 10.6 Å². The van der Waals surface area contributed by atoms with Crippen LogP contribution in [-0.2, 0) is 0 Å². The van der Waals surface area contributed by atoms with E-state index in [2.05, 4.69) is 40.8 Å². The number of fused-ring (bicyclic) bond motifs is 2. The average Bonchev–Trinajstić information content (AvgIpc) is 3.62. The van der Waals surface area contributed by atoms with E-state index >= 15 is 4.39 Å². The van der Waals surface area contributed by atoms with E-state index in [4.69, 9.17) is 4.98 Å².